The summed E-state index contributed by atoms with van der Waals surface area (Å²) in [4.78, 5) is 13.6. The third-order valence-electron chi connectivity index (χ3n) is 3.56. The number of carbonyl (C=O) groups excluding carboxylic acids is 1. The number of aliphatic hydroxyl groups is 1. The van der Waals surface area contributed by atoms with E-state index in [-0.39, 0.29) is 11.9 Å². The van der Waals surface area contributed by atoms with Crippen molar-refractivity contribution in [3.63, 3.8) is 0 Å². The zero-order chi connectivity index (χ0) is 13.7. The van der Waals surface area contributed by atoms with Crippen LogP contribution in [0.2, 0.25) is 0 Å². The monoisotopic (exact) mass is 262 g/mol. The number of carbonyl (C=O) groups is 1. The van der Waals surface area contributed by atoms with E-state index < -0.39 is 6.10 Å². The van der Waals surface area contributed by atoms with Crippen molar-refractivity contribution in [3.05, 3.63) is 35.9 Å². The predicted molar refractivity (Wildman–Crippen MR) is 74.7 cm³/mol. The molecule has 0 radical (unpaired) electrons. The summed E-state index contributed by atoms with van der Waals surface area (Å²) in [6.45, 7) is 4.31. The van der Waals surface area contributed by atoms with Crippen LogP contribution in [0, 0.1) is 0 Å². The smallest absolute Gasteiger partial charge is 0.217 e. The van der Waals surface area contributed by atoms with Crippen molar-refractivity contribution in [2.75, 3.05) is 19.6 Å². The van der Waals surface area contributed by atoms with Crippen LogP contribution in [-0.2, 0) is 4.79 Å². The van der Waals surface area contributed by atoms with E-state index in [0.717, 1.165) is 18.7 Å². The highest BCUT2D eigenvalue weighted by molar-refractivity contribution is 5.73. The number of benzene rings is 1. The predicted octanol–water partition coefficient (Wildman–Crippen LogP) is 1.32. The van der Waals surface area contributed by atoms with E-state index >= 15 is 0 Å². The summed E-state index contributed by atoms with van der Waals surface area (Å²) in [5, 5.41) is 13.3. The molecule has 1 heterocycles. The molecular formula is C15H22N2O2. The summed E-state index contributed by atoms with van der Waals surface area (Å²) in [6.07, 6.45) is 1.74. The van der Waals surface area contributed by atoms with Crippen molar-refractivity contribution in [1.29, 1.82) is 0 Å². The second kappa shape index (κ2) is 6.68. The van der Waals surface area contributed by atoms with Crippen molar-refractivity contribution in [2.24, 2.45) is 0 Å². The summed E-state index contributed by atoms with van der Waals surface area (Å²) in [6, 6.07) is 9.26. The van der Waals surface area contributed by atoms with E-state index in [2.05, 4.69) is 10.2 Å². The SMILES string of the molecule is CC(=O)NC(CN1CCCC1)C(O)c1ccccc1. The molecule has 1 aliphatic heterocycles. The third-order valence-corrected chi connectivity index (χ3v) is 3.56. The molecule has 2 rings (SSSR count). The Bertz CT molecular complexity index is 402. The Hall–Kier alpha value is -1.39. The fraction of sp³-hybridized carbons (Fsp3) is 0.533. The van der Waals surface area contributed by atoms with Gasteiger partial charge in [-0.3, -0.25) is 4.79 Å². The molecule has 4 nitrogen and oxygen atoms in total. The Morgan fingerprint density at radius 2 is 1.95 bits per heavy atom. The maximum absolute atomic E-state index is 11.3. The lowest BCUT2D eigenvalue weighted by molar-refractivity contribution is -0.120. The highest BCUT2D eigenvalue weighted by Gasteiger charge is 2.25. The van der Waals surface area contributed by atoms with E-state index in [1.165, 1.54) is 19.8 Å². The van der Waals surface area contributed by atoms with Crippen molar-refractivity contribution in [2.45, 2.75) is 31.9 Å². The number of rotatable bonds is 5. The van der Waals surface area contributed by atoms with Crippen molar-refractivity contribution < 1.29 is 9.90 Å². The molecule has 0 saturated carbocycles. The summed E-state index contributed by atoms with van der Waals surface area (Å²) in [7, 11) is 0. The van der Waals surface area contributed by atoms with Crippen LogP contribution in [0.4, 0.5) is 0 Å². The molecule has 2 atom stereocenters. The van der Waals surface area contributed by atoms with Crippen LogP contribution in [0.5, 0.6) is 0 Å². The Labute approximate surface area is 114 Å². The molecule has 1 saturated heterocycles. The molecule has 1 aromatic carbocycles. The largest absolute Gasteiger partial charge is 0.386 e. The van der Waals surface area contributed by atoms with Crippen LogP contribution in [0.1, 0.15) is 31.4 Å². The Kier molecular flexibility index (Phi) is 4.93. The van der Waals surface area contributed by atoms with E-state index in [9.17, 15) is 9.90 Å². The highest BCUT2D eigenvalue weighted by atomic mass is 16.3. The Morgan fingerprint density at radius 1 is 1.32 bits per heavy atom. The van der Waals surface area contributed by atoms with Gasteiger partial charge in [-0.2, -0.15) is 0 Å². The van der Waals surface area contributed by atoms with Crippen LogP contribution >= 0.6 is 0 Å². The van der Waals surface area contributed by atoms with Gasteiger partial charge in [0.2, 0.25) is 5.91 Å². The van der Waals surface area contributed by atoms with Gasteiger partial charge in [-0.05, 0) is 31.5 Å². The number of nitrogens with one attached hydrogen (secondary N) is 1. The normalized spacial score (nSPS) is 19.1. The average Bonchev–Trinajstić information content (AvgIpc) is 2.90. The van der Waals surface area contributed by atoms with Gasteiger partial charge in [0.15, 0.2) is 0 Å². The minimum absolute atomic E-state index is 0.0980. The maximum Gasteiger partial charge on any atom is 0.217 e. The van der Waals surface area contributed by atoms with Crippen LogP contribution < -0.4 is 5.32 Å². The molecule has 2 unspecified atom stereocenters. The van der Waals surface area contributed by atoms with Gasteiger partial charge in [-0.15, -0.1) is 0 Å². The molecule has 2 N–H and O–H groups in total. The second-order valence-corrected chi connectivity index (χ2v) is 5.17. The molecule has 0 spiro atoms. The molecule has 0 aromatic heterocycles. The van der Waals surface area contributed by atoms with Crippen molar-refractivity contribution in [1.82, 2.24) is 10.2 Å². The summed E-state index contributed by atoms with van der Waals surface area (Å²) >= 11 is 0. The van der Waals surface area contributed by atoms with Gasteiger partial charge >= 0.3 is 0 Å². The molecule has 4 heteroatoms. The fourth-order valence-electron chi connectivity index (χ4n) is 2.61. The van der Waals surface area contributed by atoms with E-state index in [4.69, 9.17) is 0 Å². The number of hydrogen-bond acceptors (Lipinski definition) is 3. The van der Waals surface area contributed by atoms with Gasteiger partial charge < -0.3 is 15.3 Å². The average molecular weight is 262 g/mol. The molecular weight excluding hydrogens is 240 g/mol. The van der Waals surface area contributed by atoms with Crippen molar-refractivity contribution >= 4 is 5.91 Å². The number of amides is 1. The van der Waals surface area contributed by atoms with Crippen LogP contribution in [0.25, 0.3) is 0 Å². The molecule has 1 aromatic rings. The minimum Gasteiger partial charge on any atom is -0.386 e. The lowest BCUT2D eigenvalue weighted by Crippen LogP contribution is -2.45. The highest BCUT2D eigenvalue weighted by Crippen LogP contribution is 2.19. The van der Waals surface area contributed by atoms with E-state index in [1.54, 1.807) is 0 Å². The fourth-order valence-corrected chi connectivity index (χ4v) is 2.61. The quantitative estimate of drug-likeness (QED) is 0.841. The molecule has 1 amide bonds. The zero-order valence-corrected chi connectivity index (χ0v) is 11.4. The maximum atomic E-state index is 11.3. The van der Waals surface area contributed by atoms with Gasteiger partial charge in [-0.1, -0.05) is 30.3 Å². The first-order valence-electron chi connectivity index (χ1n) is 6.89. The van der Waals surface area contributed by atoms with Crippen LogP contribution in [0.15, 0.2) is 30.3 Å². The van der Waals surface area contributed by atoms with Crippen LogP contribution in [-0.4, -0.2) is 41.6 Å². The van der Waals surface area contributed by atoms with Gasteiger partial charge in [0.1, 0.15) is 6.10 Å². The van der Waals surface area contributed by atoms with E-state index in [1.807, 2.05) is 30.3 Å². The molecule has 0 aliphatic carbocycles. The lowest BCUT2D eigenvalue weighted by atomic mass is 10.0. The first-order chi connectivity index (χ1) is 9.16. The summed E-state index contributed by atoms with van der Waals surface area (Å²) < 4.78 is 0. The van der Waals surface area contributed by atoms with Gasteiger partial charge in [0.05, 0.1) is 6.04 Å². The van der Waals surface area contributed by atoms with Gasteiger partial charge in [0.25, 0.3) is 0 Å². The zero-order valence-electron chi connectivity index (χ0n) is 11.4. The van der Waals surface area contributed by atoms with E-state index in [0.29, 0.717) is 6.54 Å². The minimum atomic E-state index is -0.661. The van der Waals surface area contributed by atoms with Crippen LogP contribution in [0.3, 0.4) is 0 Å². The molecule has 19 heavy (non-hydrogen) atoms. The standard InChI is InChI=1S/C15H22N2O2/c1-12(18)16-14(11-17-9-5-6-10-17)15(19)13-7-3-2-4-8-13/h2-4,7-8,14-15,19H,5-6,9-11H2,1H3,(H,16,18). The lowest BCUT2D eigenvalue weighted by Gasteiger charge is -2.28. The Morgan fingerprint density at radius 3 is 2.53 bits per heavy atom. The second-order valence-electron chi connectivity index (χ2n) is 5.17. The summed E-state index contributed by atoms with van der Waals surface area (Å²) in [5.74, 6) is -0.0980. The van der Waals surface area contributed by atoms with Gasteiger partial charge in [0, 0.05) is 13.5 Å². The first kappa shape index (κ1) is 14.0. The molecule has 1 fully saturated rings. The van der Waals surface area contributed by atoms with Crippen molar-refractivity contribution in [3.8, 4) is 0 Å². The topological polar surface area (TPSA) is 52.6 Å². The molecule has 0 bridgehead atoms. The summed E-state index contributed by atoms with van der Waals surface area (Å²) in [5.41, 5.74) is 0.848. The first-order valence-corrected chi connectivity index (χ1v) is 6.89. The number of aliphatic hydroxyl groups excluding tert-OH is 1. The number of likely N-dealkylation sites (tertiary alicyclic amines) is 1. The molecule has 104 valence electrons. The number of nitrogens with zero attached hydrogens (tertiary/aromatic N) is 1. The van der Waals surface area contributed by atoms with Gasteiger partial charge in [-0.25, -0.2) is 0 Å². The Balaban J connectivity index is 2.05. The third kappa shape index (κ3) is 4.04. The number of hydrogen-bond donors (Lipinski definition) is 2. The molecule has 1 aliphatic rings.